The maximum absolute atomic E-state index is 13.8. The van der Waals surface area contributed by atoms with Gasteiger partial charge in [-0.25, -0.2) is 0 Å². The van der Waals surface area contributed by atoms with Crippen molar-refractivity contribution in [2.24, 2.45) is 0 Å². The molecule has 0 saturated heterocycles. The van der Waals surface area contributed by atoms with Crippen molar-refractivity contribution in [3.63, 3.8) is 0 Å². The minimum atomic E-state index is -0.600. The van der Waals surface area contributed by atoms with Gasteiger partial charge in [0.15, 0.2) is 0 Å². The quantitative estimate of drug-likeness (QED) is 0.265. The number of thioether (sulfide) groups is 1. The number of hydrogen-bond acceptors (Lipinski definition) is 3. The number of carbonyl (C=O) groups is 2. The second kappa shape index (κ2) is 14.1. The number of aryl methyl sites for hydroxylation is 1. The second-order valence-corrected chi connectivity index (χ2v) is 11.7. The Labute approximate surface area is 240 Å². The number of halogens is 2. The molecule has 1 saturated carbocycles. The van der Waals surface area contributed by atoms with Gasteiger partial charge in [-0.3, -0.25) is 9.59 Å². The predicted octanol–water partition coefficient (Wildman–Crippen LogP) is 7.23. The van der Waals surface area contributed by atoms with Crippen molar-refractivity contribution in [2.75, 3.05) is 5.75 Å². The second-order valence-electron chi connectivity index (χ2n) is 9.95. The fraction of sp³-hybridized carbons (Fsp3) is 0.355. The predicted molar refractivity (Wildman–Crippen MR) is 159 cm³/mol. The summed E-state index contributed by atoms with van der Waals surface area (Å²) in [5.74, 6) is 0.752. The zero-order chi connectivity index (χ0) is 26.9. The lowest BCUT2D eigenvalue weighted by Gasteiger charge is -2.32. The van der Waals surface area contributed by atoms with Gasteiger partial charge in [0.2, 0.25) is 11.8 Å². The summed E-state index contributed by atoms with van der Waals surface area (Å²) < 4.78 is 0. The molecule has 4 nitrogen and oxygen atoms in total. The van der Waals surface area contributed by atoms with Crippen molar-refractivity contribution in [3.05, 3.63) is 105 Å². The van der Waals surface area contributed by atoms with Crippen LogP contribution in [0.25, 0.3) is 0 Å². The Morgan fingerprint density at radius 1 is 0.921 bits per heavy atom. The molecule has 1 aliphatic rings. The van der Waals surface area contributed by atoms with Crippen LogP contribution >= 0.6 is 35.0 Å². The molecular formula is C31H34Cl2N2O2S. The Kier molecular flexibility index (Phi) is 10.6. The van der Waals surface area contributed by atoms with Crippen molar-refractivity contribution in [1.29, 1.82) is 0 Å². The monoisotopic (exact) mass is 568 g/mol. The Morgan fingerprint density at radius 2 is 1.66 bits per heavy atom. The maximum atomic E-state index is 13.8. The van der Waals surface area contributed by atoms with Crippen LogP contribution < -0.4 is 5.32 Å². The molecule has 1 N–H and O–H groups in total. The van der Waals surface area contributed by atoms with Crippen LogP contribution in [0.1, 0.15) is 47.9 Å². The van der Waals surface area contributed by atoms with Gasteiger partial charge in [0.25, 0.3) is 0 Å². The molecule has 1 fully saturated rings. The maximum Gasteiger partial charge on any atom is 0.243 e. The van der Waals surface area contributed by atoms with Crippen LogP contribution in [0.3, 0.4) is 0 Å². The van der Waals surface area contributed by atoms with E-state index in [1.807, 2.05) is 67.6 Å². The first-order chi connectivity index (χ1) is 18.4. The third-order valence-corrected chi connectivity index (χ3v) is 8.61. The molecule has 0 radical (unpaired) electrons. The van der Waals surface area contributed by atoms with Gasteiger partial charge in [-0.05, 0) is 48.6 Å². The van der Waals surface area contributed by atoms with Gasteiger partial charge in [-0.1, -0.05) is 102 Å². The molecule has 0 aromatic heterocycles. The van der Waals surface area contributed by atoms with Crippen molar-refractivity contribution >= 4 is 46.8 Å². The number of amides is 2. The number of nitrogens with one attached hydrogen (secondary N) is 1. The van der Waals surface area contributed by atoms with E-state index in [4.69, 9.17) is 23.2 Å². The van der Waals surface area contributed by atoms with Crippen molar-refractivity contribution < 1.29 is 9.59 Å². The normalized spacial score (nSPS) is 14.3. The zero-order valence-electron chi connectivity index (χ0n) is 21.7. The van der Waals surface area contributed by atoms with E-state index in [1.165, 1.54) is 11.8 Å². The lowest BCUT2D eigenvalue weighted by Crippen LogP contribution is -2.52. The molecule has 1 aliphatic carbocycles. The summed E-state index contributed by atoms with van der Waals surface area (Å²) >= 11 is 13.7. The number of rotatable bonds is 11. The van der Waals surface area contributed by atoms with E-state index in [2.05, 4.69) is 11.4 Å². The van der Waals surface area contributed by atoms with Crippen LogP contribution in [-0.4, -0.2) is 34.6 Å². The summed E-state index contributed by atoms with van der Waals surface area (Å²) in [5.41, 5.74) is 4.17. The molecular weight excluding hydrogens is 535 g/mol. The van der Waals surface area contributed by atoms with E-state index in [0.717, 1.165) is 47.9 Å². The third kappa shape index (κ3) is 8.26. The smallest absolute Gasteiger partial charge is 0.243 e. The average Bonchev–Trinajstić information content (AvgIpc) is 3.42. The standard InChI is InChI=1S/C31H34Cl2N2O2S/c1-22-8-7-11-24(16-22)19-35(30(36)21-38-20-25-14-15-27(32)28(33)17-25)29(18-23-9-3-2-4-10-23)31(37)34-26-12-5-6-13-26/h2-4,7-11,14-17,26,29H,5-6,12-13,18-21H2,1H3,(H,34,37)/t29-/m0/s1. The highest BCUT2D eigenvalue weighted by atomic mass is 35.5. The number of carbonyl (C=O) groups excluding carboxylic acids is 2. The summed E-state index contributed by atoms with van der Waals surface area (Å²) in [7, 11) is 0. The van der Waals surface area contributed by atoms with Crippen molar-refractivity contribution in [2.45, 2.75) is 63.4 Å². The van der Waals surface area contributed by atoms with Gasteiger partial charge in [0.1, 0.15) is 6.04 Å². The van der Waals surface area contributed by atoms with Gasteiger partial charge in [0.05, 0.1) is 15.8 Å². The molecule has 0 aliphatic heterocycles. The molecule has 0 unspecified atom stereocenters. The Morgan fingerprint density at radius 3 is 2.37 bits per heavy atom. The first kappa shape index (κ1) is 28.5. The minimum absolute atomic E-state index is 0.0564. The Hall–Kier alpha value is -2.47. The molecule has 0 spiro atoms. The summed E-state index contributed by atoms with van der Waals surface area (Å²) in [6.45, 7) is 2.42. The highest BCUT2D eigenvalue weighted by Gasteiger charge is 2.32. The Balaban J connectivity index is 1.56. The molecule has 3 aromatic rings. The SMILES string of the molecule is Cc1cccc(CN(C(=O)CSCc2ccc(Cl)c(Cl)c2)[C@@H](Cc2ccccc2)C(=O)NC2CCCC2)c1. The molecule has 7 heteroatoms. The average molecular weight is 570 g/mol. The van der Waals surface area contributed by atoms with Crippen molar-refractivity contribution in [1.82, 2.24) is 10.2 Å². The molecule has 1 atom stereocenters. The molecule has 4 rings (SSSR count). The minimum Gasteiger partial charge on any atom is -0.352 e. The highest BCUT2D eigenvalue weighted by Crippen LogP contribution is 2.25. The molecule has 0 bridgehead atoms. The van der Waals surface area contributed by atoms with Gasteiger partial charge in [-0.15, -0.1) is 11.8 Å². The summed E-state index contributed by atoms with van der Waals surface area (Å²) in [4.78, 5) is 29.3. The van der Waals surface area contributed by atoms with Crippen LogP contribution in [-0.2, 0) is 28.3 Å². The van der Waals surface area contributed by atoms with E-state index in [0.29, 0.717) is 28.8 Å². The molecule has 0 heterocycles. The highest BCUT2D eigenvalue weighted by molar-refractivity contribution is 7.99. The van der Waals surface area contributed by atoms with Gasteiger partial charge in [0, 0.05) is 24.8 Å². The lowest BCUT2D eigenvalue weighted by atomic mass is 10.0. The van der Waals surface area contributed by atoms with Crippen LogP contribution in [0.2, 0.25) is 10.0 Å². The number of nitrogens with zero attached hydrogens (tertiary/aromatic N) is 1. The van der Waals surface area contributed by atoms with E-state index in [-0.39, 0.29) is 23.6 Å². The summed E-state index contributed by atoms with van der Waals surface area (Å²) in [6, 6.07) is 23.2. The molecule has 3 aromatic carbocycles. The Bertz CT molecular complexity index is 1230. The molecule has 38 heavy (non-hydrogen) atoms. The van der Waals surface area contributed by atoms with E-state index in [1.54, 1.807) is 11.0 Å². The molecule has 200 valence electrons. The lowest BCUT2D eigenvalue weighted by molar-refractivity contribution is -0.139. The molecule has 2 amide bonds. The number of hydrogen-bond donors (Lipinski definition) is 1. The third-order valence-electron chi connectivity index (χ3n) is 6.89. The van der Waals surface area contributed by atoms with Crippen molar-refractivity contribution in [3.8, 4) is 0 Å². The zero-order valence-corrected chi connectivity index (χ0v) is 24.0. The number of benzene rings is 3. The summed E-state index contributed by atoms with van der Waals surface area (Å²) in [5, 5.41) is 4.27. The van der Waals surface area contributed by atoms with E-state index >= 15 is 0 Å². The fourth-order valence-corrected chi connectivity index (χ4v) is 6.08. The fourth-order valence-electron chi connectivity index (χ4n) is 4.90. The van der Waals surface area contributed by atoms with Crippen LogP contribution in [0.5, 0.6) is 0 Å². The van der Waals surface area contributed by atoms with Gasteiger partial charge < -0.3 is 10.2 Å². The van der Waals surface area contributed by atoms with Gasteiger partial charge in [-0.2, -0.15) is 0 Å². The van der Waals surface area contributed by atoms with Crippen LogP contribution in [0.15, 0.2) is 72.8 Å². The first-order valence-corrected chi connectivity index (χ1v) is 15.0. The first-order valence-electron chi connectivity index (χ1n) is 13.1. The van der Waals surface area contributed by atoms with Crippen LogP contribution in [0.4, 0.5) is 0 Å². The van der Waals surface area contributed by atoms with Crippen LogP contribution in [0, 0.1) is 6.92 Å². The van der Waals surface area contributed by atoms with E-state index < -0.39 is 6.04 Å². The largest absolute Gasteiger partial charge is 0.352 e. The van der Waals surface area contributed by atoms with E-state index in [9.17, 15) is 9.59 Å². The topological polar surface area (TPSA) is 49.4 Å². The van der Waals surface area contributed by atoms with Gasteiger partial charge >= 0.3 is 0 Å². The summed E-state index contributed by atoms with van der Waals surface area (Å²) in [6.07, 6.45) is 4.72.